The van der Waals surface area contributed by atoms with Crippen molar-refractivity contribution >= 4 is 54.9 Å². The lowest BCUT2D eigenvalue weighted by atomic mass is 9.86. The number of carbonyl (C=O) groups excluding carboxylic acids is 2. The molecule has 4 aliphatic rings. The number of imide groups is 1. The summed E-state index contributed by atoms with van der Waals surface area (Å²) in [7, 11) is -3.72. The van der Waals surface area contributed by atoms with E-state index >= 15 is 0 Å². The zero-order chi connectivity index (χ0) is 39.0. The van der Waals surface area contributed by atoms with Crippen LogP contribution in [0.1, 0.15) is 79.9 Å². The molecular weight excluding hydrogens is 764 g/mol. The number of likely N-dealkylation sites (tertiary alicyclic amines) is 1. The summed E-state index contributed by atoms with van der Waals surface area (Å²) < 4.78 is 68.6. The third-order valence-electron chi connectivity index (χ3n) is 12.0. The van der Waals surface area contributed by atoms with Crippen LogP contribution in [0.4, 0.5) is 24.8 Å². The highest BCUT2D eigenvalue weighted by Gasteiger charge is 2.34. The van der Waals surface area contributed by atoms with Crippen molar-refractivity contribution in [2.75, 3.05) is 56.0 Å². The fourth-order valence-electron chi connectivity index (χ4n) is 8.73. The molecule has 8 rings (SSSR count). The van der Waals surface area contributed by atoms with Gasteiger partial charge in [0.05, 0.1) is 16.4 Å². The smallest absolute Gasteiger partial charge is 0.371 e. The van der Waals surface area contributed by atoms with Crippen molar-refractivity contribution in [3.8, 4) is 0 Å². The number of amides is 2. The number of anilines is 2. The highest BCUT2D eigenvalue weighted by atomic mass is 32.2. The van der Waals surface area contributed by atoms with Gasteiger partial charge in [0, 0.05) is 68.0 Å². The van der Waals surface area contributed by atoms with Gasteiger partial charge in [0.2, 0.25) is 27.8 Å². The Morgan fingerprint density at radius 3 is 2.30 bits per heavy atom. The molecule has 2 aromatic carbocycles. The first-order chi connectivity index (χ1) is 26.9. The number of piperidine rings is 4. The number of benzene rings is 2. The molecule has 4 saturated heterocycles. The molecule has 0 saturated carbocycles. The molecule has 2 aromatic heterocycles. The zero-order valence-electron chi connectivity index (χ0n) is 31.0. The molecule has 4 fully saturated rings. The molecule has 4 aromatic rings. The van der Waals surface area contributed by atoms with E-state index in [2.05, 4.69) is 54.0 Å². The normalized spacial score (nSPS) is 21.8. The van der Waals surface area contributed by atoms with Gasteiger partial charge >= 0.3 is 6.18 Å². The number of thiophene rings is 1. The molecule has 0 aliphatic carbocycles. The average Bonchev–Trinajstić information content (AvgIpc) is 3.62. The van der Waals surface area contributed by atoms with Crippen LogP contribution in [0.2, 0.25) is 0 Å². The number of hydrogen-bond donors (Lipinski definition) is 2. The maximum Gasteiger partial charge on any atom is 0.419 e. The van der Waals surface area contributed by atoms with Crippen molar-refractivity contribution in [3.05, 3.63) is 76.9 Å². The van der Waals surface area contributed by atoms with Gasteiger partial charge in [-0.25, -0.2) is 18.4 Å². The van der Waals surface area contributed by atoms with Gasteiger partial charge in [-0.15, -0.1) is 11.3 Å². The lowest BCUT2D eigenvalue weighted by Crippen LogP contribution is -2.42. The third kappa shape index (κ3) is 8.43. The summed E-state index contributed by atoms with van der Waals surface area (Å²) in [4.78, 5) is 36.9. The maximum atomic E-state index is 13.7. The van der Waals surface area contributed by atoms with Gasteiger partial charge in [0.25, 0.3) is 0 Å². The van der Waals surface area contributed by atoms with E-state index in [0.717, 1.165) is 87.4 Å². The number of nitrogens with zero attached hydrogens (tertiary/aromatic N) is 5. The zero-order valence-corrected chi connectivity index (χ0v) is 32.6. The monoisotopic (exact) mass is 809 g/mol. The van der Waals surface area contributed by atoms with E-state index in [9.17, 15) is 31.2 Å². The Labute approximate surface area is 328 Å². The second-order valence-electron chi connectivity index (χ2n) is 15.6. The Hall–Kier alpha value is -4.12. The summed E-state index contributed by atoms with van der Waals surface area (Å²) in [5, 5.41) is 8.74. The molecule has 0 radical (unpaired) electrons. The van der Waals surface area contributed by atoms with Gasteiger partial charge in [-0.3, -0.25) is 14.9 Å². The quantitative estimate of drug-likeness (QED) is 0.180. The second kappa shape index (κ2) is 16.0. The lowest BCUT2D eigenvalue weighted by Gasteiger charge is -2.38. The summed E-state index contributed by atoms with van der Waals surface area (Å²) in [6, 6.07) is 13.8. The van der Waals surface area contributed by atoms with E-state index in [4.69, 9.17) is 0 Å². The van der Waals surface area contributed by atoms with Gasteiger partial charge in [-0.2, -0.15) is 17.5 Å². The first-order valence-electron chi connectivity index (χ1n) is 19.5. The molecular formula is C40H46F3N7O4S2. The largest absolute Gasteiger partial charge is 0.419 e. The topological polar surface area (TPSA) is 128 Å². The van der Waals surface area contributed by atoms with Crippen LogP contribution in [0, 0.1) is 5.92 Å². The lowest BCUT2D eigenvalue weighted by molar-refractivity contribution is -0.138. The van der Waals surface area contributed by atoms with Crippen LogP contribution in [0.25, 0.3) is 10.1 Å². The van der Waals surface area contributed by atoms with Crippen molar-refractivity contribution in [1.29, 1.82) is 0 Å². The molecule has 0 spiro atoms. The first kappa shape index (κ1) is 38.7. The van der Waals surface area contributed by atoms with E-state index in [1.807, 2.05) is 12.1 Å². The Balaban J connectivity index is 0.791. The number of carbonyl (C=O) groups is 2. The molecule has 1 atom stereocenters. The predicted octanol–water partition coefficient (Wildman–Crippen LogP) is 6.59. The van der Waals surface area contributed by atoms with Gasteiger partial charge < -0.3 is 15.1 Å². The minimum Gasteiger partial charge on any atom is -0.371 e. The summed E-state index contributed by atoms with van der Waals surface area (Å²) >= 11 is 1.68. The number of fused-ring (bicyclic) bond motifs is 1. The van der Waals surface area contributed by atoms with Crippen molar-refractivity contribution in [1.82, 2.24) is 24.5 Å². The van der Waals surface area contributed by atoms with Crippen molar-refractivity contribution in [2.45, 2.75) is 80.3 Å². The minimum absolute atomic E-state index is 0.0916. The molecule has 2 N–H and O–H groups in total. The van der Waals surface area contributed by atoms with Crippen LogP contribution in [0.15, 0.2) is 65.1 Å². The fraction of sp³-hybridized carbons (Fsp3) is 0.500. The highest BCUT2D eigenvalue weighted by molar-refractivity contribution is 7.89. The van der Waals surface area contributed by atoms with Crippen LogP contribution in [0.5, 0.6) is 0 Å². The Morgan fingerprint density at radius 2 is 1.61 bits per heavy atom. The molecule has 1 unspecified atom stereocenters. The maximum absolute atomic E-state index is 13.7. The van der Waals surface area contributed by atoms with Gasteiger partial charge in [0.15, 0.2) is 0 Å². The van der Waals surface area contributed by atoms with Gasteiger partial charge in [-0.05, 0) is 116 Å². The van der Waals surface area contributed by atoms with Crippen molar-refractivity contribution in [3.63, 3.8) is 0 Å². The molecule has 11 nitrogen and oxygen atoms in total. The Kier molecular flexibility index (Phi) is 11.1. The summed E-state index contributed by atoms with van der Waals surface area (Å²) in [6.45, 7) is 5.50. The molecule has 6 heterocycles. The number of hydrogen-bond acceptors (Lipinski definition) is 10. The highest BCUT2D eigenvalue weighted by Crippen LogP contribution is 2.39. The second-order valence-corrected chi connectivity index (χ2v) is 18.4. The number of sulfonamides is 1. The fourth-order valence-corrected chi connectivity index (χ4v) is 11.3. The van der Waals surface area contributed by atoms with Crippen LogP contribution in [-0.2, 0) is 25.8 Å². The van der Waals surface area contributed by atoms with Gasteiger partial charge in [0.1, 0.15) is 0 Å². The number of nitrogens with one attached hydrogen (secondary N) is 2. The average molecular weight is 810 g/mol. The predicted molar refractivity (Wildman–Crippen MR) is 209 cm³/mol. The SMILES string of the molecule is O=C1CCC(c2csc3cc(C4CCN(CC5CCN(c6cccc(S(=O)(=O)N7CCC(Nc8ncc(C(F)(F)F)cn8)CC7)c6)CC5)CC4)ccc23)C(=O)N1. The Morgan fingerprint density at radius 1 is 0.875 bits per heavy atom. The summed E-state index contributed by atoms with van der Waals surface area (Å²) in [5.74, 6) is 0.542. The van der Waals surface area contributed by atoms with E-state index in [0.29, 0.717) is 37.5 Å². The van der Waals surface area contributed by atoms with Crippen LogP contribution in [0.3, 0.4) is 0 Å². The van der Waals surface area contributed by atoms with Crippen LogP contribution < -0.4 is 15.5 Å². The standard InChI is InChI=1S/C40H46F3N7O4S2/c41-40(42,43)29-22-44-39(45-23-29)46-30-12-18-50(19-13-30)56(53,54)32-3-1-2-31(21-32)49-16-8-26(9-17-49)24-48-14-10-27(11-15-48)28-4-5-33-35(25-55-36(33)20-28)34-6-7-37(51)47-38(34)52/h1-5,20-23,25-27,30,34H,6-19,24H2,(H,44,45,46)(H,47,51,52). The van der Waals surface area contributed by atoms with E-state index in [1.165, 1.54) is 14.6 Å². The van der Waals surface area contributed by atoms with Crippen molar-refractivity contribution in [2.24, 2.45) is 5.92 Å². The molecule has 298 valence electrons. The molecule has 16 heteroatoms. The number of aromatic nitrogens is 2. The number of halogens is 3. The molecule has 2 amide bonds. The number of rotatable bonds is 9. The van der Waals surface area contributed by atoms with Crippen LogP contribution in [-0.4, -0.2) is 91.3 Å². The third-order valence-corrected chi connectivity index (χ3v) is 14.9. The first-order valence-corrected chi connectivity index (χ1v) is 21.8. The minimum atomic E-state index is -4.51. The Bertz CT molecular complexity index is 2160. The van der Waals surface area contributed by atoms with E-state index in [1.54, 1.807) is 23.5 Å². The summed E-state index contributed by atoms with van der Waals surface area (Å²) in [6.07, 6.45) is 3.19. The van der Waals surface area contributed by atoms with Gasteiger partial charge in [-0.1, -0.05) is 18.2 Å². The molecule has 4 aliphatic heterocycles. The summed E-state index contributed by atoms with van der Waals surface area (Å²) in [5.41, 5.74) is 2.38. The van der Waals surface area contributed by atoms with E-state index in [-0.39, 0.29) is 47.7 Å². The number of alkyl halides is 3. The van der Waals surface area contributed by atoms with E-state index < -0.39 is 21.8 Å². The molecule has 0 bridgehead atoms. The molecule has 56 heavy (non-hydrogen) atoms. The van der Waals surface area contributed by atoms with Crippen molar-refractivity contribution < 1.29 is 31.2 Å². The van der Waals surface area contributed by atoms with Crippen LogP contribution >= 0.6 is 11.3 Å².